The summed E-state index contributed by atoms with van der Waals surface area (Å²) in [4.78, 5) is 31.0. The molecule has 0 unspecified atom stereocenters. The van der Waals surface area contributed by atoms with Gasteiger partial charge in [-0.15, -0.1) is 0 Å². The van der Waals surface area contributed by atoms with Crippen LogP contribution in [0.1, 0.15) is 15.9 Å². The quantitative estimate of drug-likeness (QED) is 0.397. The Bertz CT molecular complexity index is 1110. The van der Waals surface area contributed by atoms with E-state index in [0.717, 1.165) is 0 Å². The van der Waals surface area contributed by atoms with Crippen molar-refractivity contribution in [3.63, 3.8) is 0 Å². The smallest absolute Gasteiger partial charge is 0.270 e. The minimum Gasteiger partial charge on any atom is -0.298 e. The van der Waals surface area contributed by atoms with Crippen molar-refractivity contribution in [2.45, 2.75) is 0 Å². The number of hydrogen-bond acceptors (Lipinski definition) is 6. The summed E-state index contributed by atoms with van der Waals surface area (Å²) in [5, 5.41) is 11.7. The van der Waals surface area contributed by atoms with Gasteiger partial charge in [-0.05, 0) is 24.4 Å². The number of nitrogens with one attached hydrogen (secondary N) is 4. The van der Waals surface area contributed by atoms with E-state index in [4.69, 9.17) is 12.2 Å². The molecule has 3 aromatic rings. The number of H-pyrrole nitrogens is 1. The summed E-state index contributed by atoms with van der Waals surface area (Å²) in [6.45, 7) is 0. The predicted molar refractivity (Wildman–Crippen MR) is 108 cm³/mol. The molecule has 0 bridgehead atoms. The van der Waals surface area contributed by atoms with Crippen LogP contribution in [0.2, 0.25) is 0 Å². The van der Waals surface area contributed by atoms with Crippen LogP contribution < -0.4 is 21.7 Å². The second-order valence-electron chi connectivity index (χ2n) is 5.52. The molecule has 0 atom stereocenters. The van der Waals surface area contributed by atoms with Crippen LogP contribution in [0.5, 0.6) is 0 Å². The zero-order valence-corrected chi connectivity index (χ0v) is 15.2. The van der Waals surface area contributed by atoms with Gasteiger partial charge in [-0.25, -0.2) is 4.98 Å². The highest BCUT2D eigenvalue weighted by molar-refractivity contribution is 7.80. The Morgan fingerprint density at radius 3 is 2.36 bits per heavy atom. The lowest BCUT2D eigenvalue weighted by Gasteiger charge is -2.12. The number of hydrazine groups is 1. The molecule has 1 amide bonds. The first-order chi connectivity index (χ1) is 13.6. The number of anilines is 1. The molecule has 1 heterocycles. The van der Waals surface area contributed by atoms with Gasteiger partial charge in [0.25, 0.3) is 11.5 Å². The zero-order chi connectivity index (χ0) is 19.9. The molecule has 0 aliphatic rings. The lowest BCUT2D eigenvalue weighted by Crippen LogP contribution is -2.42. The Hall–Kier alpha value is -4.03. The van der Waals surface area contributed by atoms with Gasteiger partial charge in [-0.2, -0.15) is 5.26 Å². The van der Waals surface area contributed by atoms with E-state index in [0.29, 0.717) is 11.1 Å². The topological polar surface area (TPSA) is 123 Å². The molecule has 0 aliphatic carbocycles. The summed E-state index contributed by atoms with van der Waals surface area (Å²) < 4.78 is 0. The van der Waals surface area contributed by atoms with Crippen molar-refractivity contribution in [3.05, 3.63) is 82.1 Å². The van der Waals surface area contributed by atoms with Gasteiger partial charge in [0.05, 0.1) is 5.69 Å². The zero-order valence-electron chi connectivity index (χ0n) is 14.4. The van der Waals surface area contributed by atoms with Crippen LogP contribution in [0.15, 0.2) is 65.5 Å². The van der Waals surface area contributed by atoms with Gasteiger partial charge < -0.3 is 0 Å². The first kappa shape index (κ1) is 18.8. The second-order valence-corrected chi connectivity index (χ2v) is 5.92. The fourth-order valence-corrected chi connectivity index (χ4v) is 2.50. The van der Waals surface area contributed by atoms with E-state index in [9.17, 15) is 14.9 Å². The maximum Gasteiger partial charge on any atom is 0.270 e. The van der Waals surface area contributed by atoms with Crippen LogP contribution >= 0.6 is 12.2 Å². The first-order valence-electron chi connectivity index (χ1n) is 8.10. The largest absolute Gasteiger partial charge is 0.298 e. The molecule has 1 aromatic heterocycles. The van der Waals surface area contributed by atoms with E-state index in [1.165, 1.54) is 0 Å². The number of carbonyl (C=O) groups is 1. The van der Waals surface area contributed by atoms with Crippen LogP contribution in [0.3, 0.4) is 0 Å². The van der Waals surface area contributed by atoms with E-state index in [2.05, 4.69) is 26.1 Å². The number of carbonyl (C=O) groups excluding carboxylic acids is 1. The fraction of sp³-hybridized carbons (Fsp3) is 0. The molecular weight excluding hydrogens is 376 g/mol. The number of thiocarbonyl (C=S) groups is 1. The Labute approximate surface area is 165 Å². The standard InChI is InChI=1S/C19H14N6O2S/c20-11-14-15(12-7-3-1-4-8-12)21-18(22-17(14)27)24-25-19(28)23-16(26)13-9-5-2-6-10-13/h1-10H,(H2,21,22,24,27)(H2,23,25,26,28). The maximum absolute atomic E-state index is 12.2. The van der Waals surface area contributed by atoms with Crippen molar-refractivity contribution >= 4 is 29.2 Å². The molecule has 138 valence electrons. The molecule has 2 aromatic carbocycles. The normalized spacial score (nSPS) is 9.82. The third-order valence-electron chi connectivity index (χ3n) is 3.64. The molecule has 0 spiro atoms. The second kappa shape index (κ2) is 8.57. The van der Waals surface area contributed by atoms with Gasteiger partial charge >= 0.3 is 0 Å². The van der Waals surface area contributed by atoms with Crippen LogP contribution in [0.25, 0.3) is 11.3 Å². The first-order valence-corrected chi connectivity index (χ1v) is 8.51. The van der Waals surface area contributed by atoms with Crippen LogP contribution in [-0.2, 0) is 0 Å². The van der Waals surface area contributed by atoms with Crippen molar-refractivity contribution in [1.82, 2.24) is 20.7 Å². The summed E-state index contributed by atoms with van der Waals surface area (Å²) in [5.74, 6) is -0.342. The summed E-state index contributed by atoms with van der Waals surface area (Å²) in [7, 11) is 0. The van der Waals surface area contributed by atoms with E-state index in [1.807, 2.05) is 12.1 Å². The number of nitrogens with zero attached hydrogens (tertiary/aromatic N) is 2. The number of aromatic nitrogens is 2. The van der Waals surface area contributed by atoms with Crippen molar-refractivity contribution in [2.24, 2.45) is 0 Å². The molecule has 8 nitrogen and oxygen atoms in total. The molecule has 0 saturated carbocycles. The SMILES string of the molecule is N#Cc1c(-c2ccccc2)nc(NNC(=S)NC(=O)c2ccccc2)[nH]c1=O. The highest BCUT2D eigenvalue weighted by Crippen LogP contribution is 2.19. The Morgan fingerprint density at radius 1 is 1.07 bits per heavy atom. The monoisotopic (exact) mass is 390 g/mol. The predicted octanol–water partition coefficient (Wildman–Crippen LogP) is 1.94. The molecule has 4 N–H and O–H groups in total. The lowest BCUT2D eigenvalue weighted by molar-refractivity contribution is 0.0977. The molecule has 0 fully saturated rings. The molecule has 9 heteroatoms. The molecule has 0 aliphatic heterocycles. The van der Waals surface area contributed by atoms with Crippen molar-refractivity contribution in [2.75, 3.05) is 5.43 Å². The van der Waals surface area contributed by atoms with E-state index < -0.39 is 5.56 Å². The van der Waals surface area contributed by atoms with Crippen molar-refractivity contribution in [3.8, 4) is 17.3 Å². The molecule has 3 rings (SSSR count). The average Bonchev–Trinajstić information content (AvgIpc) is 2.73. The fourth-order valence-electron chi connectivity index (χ4n) is 2.35. The molecule has 28 heavy (non-hydrogen) atoms. The van der Waals surface area contributed by atoms with Gasteiger partial charge in [0.2, 0.25) is 5.95 Å². The minimum absolute atomic E-state index is 0.0119. The van der Waals surface area contributed by atoms with Gasteiger partial charge in [-0.1, -0.05) is 48.5 Å². The molecule has 0 saturated heterocycles. The number of amides is 1. The van der Waals surface area contributed by atoms with Crippen molar-refractivity contribution in [1.29, 1.82) is 5.26 Å². The third-order valence-corrected chi connectivity index (χ3v) is 3.84. The Morgan fingerprint density at radius 2 is 1.71 bits per heavy atom. The van der Waals surface area contributed by atoms with Crippen LogP contribution in [0, 0.1) is 11.3 Å². The van der Waals surface area contributed by atoms with Crippen LogP contribution in [0.4, 0.5) is 5.95 Å². The highest BCUT2D eigenvalue weighted by Gasteiger charge is 2.13. The summed E-state index contributed by atoms with van der Waals surface area (Å²) >= 11 is 5.06. The highest BCUT2D eigenvalue weighted by atomic mass is 32.1. The van der Waals surface area contributed by atoms with Gasteiger partial charge in [0.15, 0.2) is 5.11 Å². The van der Waals surface area contributed by atoms with E-state index >= 15 is 0 Å². The number of nitriles is 1. The van der Waals surface area contributed by atoms with Crippen LogP contribution in [-0.4, -0.2) is 21.0 Å². The number of rotatable bonds is 4. The van der Waals surface area contributed by atoms with Gasteiger partial charge in [-0.3, -0.25) is 30.7 Å². The number of benzene rings is 2. The van der Waals surface area contributed by atoms with Crippen molar-refractivity contribution < 1.29 is 4.79 Å². The number of hydrogen-bond donors (Lipinski definition) is 4. The summed E-state index contributed by atoms with van der Waals surface area (Å²) in [6.07, 6.45) is 0. The third kappa shape index (κ3) is 4.38. The maximum atomic E-state index is 12.2. The van der Waals surface area contributed by atoms with E-state index in [-0.39, 0.29) is 28.2 Å². The Kier molecular flexibility index (Phi) is 5.74. The Balaban J connectivity index is 1.74. The lowest BCUT2D eigenvalue weighted by atomic mass is 10.1. The summed E-state index contributed by atoms with van der Waals surface area (Å²) in [5.41, 5.74) is 5.80. The molecule has 0 radical (unpaired) electrons. The van der Waals surface area contributed by atoms with Gasteiger partial charge in [0, 0.05) is 11.1 Å². The molecular formula is C19H14N6O2S. The average molecular weight is 390 g/mol. The van der Waals surface area contributed by atoms with Gasteiger partial charge in [0.1, 0.15) is 11.6 Å². The minimum atomic E-state index is -0.597. The number of aromatic amines is 1. The summed E-state index contributed by atoms with van der Waals surface area (Å²) in [6, 6.07) is 19.3. The van der Waals surface area contributed by atoms with E-state index in [1.54, 1.807) is 54.6 Å².